The summed E-state index contributed by atoms with van der Waals surface area (Å²) in [6.45, 7) is 0.600. The smallest absolute Gasteiger partial charge is 0.134 e. The van der Waals surface area contributed by atoms with Gasteiger partial charge in [0.1, 0.15) is 17.3 Å². The molecule has 0 saturated heterocycles. The normalized spacial score (nSPS) is 11.0. The molecule has 23 heavy (non-hydrogen) atoms. The number of anilines is 1. The Hall–Kier alpha value is -2.79. The van der Waals surface area contributed by atoms with Crippen molar-refractivity contribution < 1.29 is 9.52 Å². The first kappa shape index (κ1) is 13.8. The number of thiazole rings is 1. The van der Waals surface area contributed by atoms with Crippen molar-refractivity contribution in [3.05, 3.63) is 65.9 Å². The number of rotatable bonds is 4. The van der Waals surface area contributed by atoms with Crippen LogP contribution in [0.15, 0.2) is 64.5 Å². The number of fused-ring (bicyclic) bond motifs is 1. The van der Waals surface area contributed by atoms with Gasteiger partial charge in [0.25, 0.3) is 0 Å². The molecule has 4 aromatic rings. The van der Waals surface area contributed by atoms with Crippen molar-refractivity contribution in [3.63, 3.8) is 0 Å². The van der Waals surface area contributed by atoms with Crippen LogP contribution in [0.5, 0.6) is 5.75 Å². The monoisotopic (exact) mass is 322 g/mol. The minimum atomic E-state index is 0.233. The molecule has 4 nitrogen and oxygen atoms in total. The van der Waals surface area contributed by atoms with Crippen molar-refractivity contribution in [1.29, 1.82) is 0 Å². The third-order valence-electron chi connectivity index (χ3n) is 3.59. The molecule has 0 aliphatic heterocycles. The van der Waals surface area contributed by atoms with E-state index in [1.165, 1.54) is 0 Å². The van der Waals surface area contributed by atoms with Crippen LogP contribution in [0.25, 0.3) is 21.5 Å². The van der Waals surface area contributed by atoms with Gasteiger partial charge in [-0.2, -0.15) is 0 Å². The molecule has 0 bridgehead atoms. The third-order valence-corrected chi connectivity index (χ3v) is 4.38. The van der Waals surface area contributed by atoms with Crippen LogP contribution in [0.3, 0.4) is 0 Å². The number of benzene rings is 2. The summed E-state index contributed by atoms with van der Waals surface area (Å²) < 4.78 is 7.00. The molecule has 2 aromatic carbocycles. The number of hydrogen-bond acceptors (Lipinski definition) is 5. The number of aromatic nitrogens is 1. The average Bonchev–Trinajstić information content (AvgIpc) is 3.21. The minimum Gasteiger partial charge on any atom is -0.508 e. The number of aromatic hydroxyl groups is 1. The summed E-state index contributed by atoms with van der Waals surface area (Å²) in [5.41, 5.74) is 4.77. The maximum Gasteiger partial charge on any atom is 0.134 e. The van der Waals surface area contributed by atoms with E-state index in [0.29, 0.717) is 6.54 Å². The van der Waals surface area contributed by atoms with Gasteiger partial charge in [-0.05, 0) is 42.5 Å². The van der Waals surface area contributed by atoms with Gasteiger partial charge in [0, 0.05) is 11.3 Å². The lowest BCUT2D eigenvalue weighted by Crippen LogP contribution is -1.97. The molecule has 114 valence electrons. The minimum absolute atomic E-state index is 0.233. The van der Waals surface area contributed by atoms with Gasteiger partial charge in [0.2, 0.25) is 0 Å². The van der Waals surface area contributed by atoms with Crippen LogP contribution in [0.1, 0.15) is 5.76 Å². The third kappa shape index (κ3) is 2.91. The maximum atomic E-state index is 9.54. The standard InChI is InChI=1S/C18H14N2O2S/c21-14-3-1-2-12(8-14)17-7-5-15(22-17)10-19-13-4-6-16-18(9-13)23-11-20-16/h1-9,11,19,21H,10H2. The first-order valence-electron chi connectivity index (χ1n) is 7.23. The van der Waals surface area contributed by atoms with E-state index in [1.807, 2.05) is 35.8 Å². The van der Waals surface area contributed by atoms with Gasteiger partial charge >= 0.3 is 0 Å². The quantitative estimate of drug-likeness (QED) is 0.562. The molecule has 0 radical (unpaired) electrons. The first-order valence-corrected chi connectivity index (χ1v) is 8.11. The number of phenols is 1. The van der Waals surface area contributed by atoms with E-state index in [0.717, 1.165) is 33.0 Å². The van der Waals surface area contributed by atoms with E-state index < -0.39 is 0 Å². The summed E-state index contributed by atoms with van der Waals surface area (Å²) in [5, 5.41) is 12.9. The Bertz CT molecular complexity index is 958. The molecule has 0 unspecified atom stereocenters. The highest BCUT2D eigenvalue weighted by Crippen LogP contribution is 2.26. The van der Waals surface area contributed by atoms with Gasteiger partial charge in [-0.1, -0.05) is 12.1 Å². The molecule has 2 aromatic heterocycles. The molecule has 0 spiro atoms. The van der Waals surface area contributed by atoms with Crippen molar-refractivity contribution >= 4 is 27.2 Å². The van der Waals surface area contributed by atoms with Crippen molar-refractivity contribution in [2.75, 3.05) is 5.32 Å². The lowest BCUT2D eigenvalue weighted by atomic mass is 10.2. The Kier molecular flexibility index (Phi) is 3.48. The van der Waals surface area contributed by atoms with E-state index in [1.54, 1.807) is 29.5 Å². The summed E-state index contributed by atoms with van der Waals surface area (Å²) in [4.78, 5) is 4.27. The zero-order chi connectivity index (χ0) is 15.6. The second-order valence-electron chi connectivity index (χ2n) is 5.20. The Labute approximate surface area is 137 Å². The predicted molar refractivity (Wildman–Crippen MR) is 92.8 cm³/mol. The maximum absolute atomic E-state index is 9.54. The molecular formula is C18H14N2O2S. The van der Waals surface area contributed by atoms with Crippen LogP contribution in [0, 0.1) is 0 Å². The molecule has 5 heteroatoms. The van der Waals surface area contributed by atoms with E-state index >= 15 is 0 Å². The zero-order valence-electron chi connectivity index (χ0n) is 12.2. The van der Waals surface area contributed by atoms with E-state index in [-0.39, 0.29) is 5.75 Å². The first-order chi connectivity index (χ1) is 11.3. The zero-order valence-corrected chi connectivity index (χ0v) is 13.0. The van der Waals surface area contributed by atoms with Crippen molar-refractivity contribution in [1.82, 2.24) is 4.98 Å². The Morgan fingerprint density at radius 3 is 2.96 bits per heavy atom. The van der Waals surface area contributed by atoms with Crippen LogP contribution in [0.4, 0.5) is 5.69 Å². The van der Waals surface area contributed by atoms with Gasteiger partial charge < -0.3 is 14.8 Å². The summed E-state index contributed by atoms with van der Waals surface area (Å²) in [7, 11) is 0. The van der Waals surface area contributed by atoms with Crippen LogP contribution >= 0.6 is 11.3 Å². The summed E-state index contributed by atoms with van der Waals surface area (Å²) in [6, 6.07) is 17.0. The highest BCUT2D eigenvalue weighted by atomic mass is 32.1. The Morgan fingerprint density at radius 2 is 2.04 bits per heavy atom. The van der Waals surface area contributed by atoms with Crippen LogP contribution < -0.4 is 5.32 Å². The van der Waals surface area contributed by atoms with Crippen LogP contribution in [-0.2, 0) is 6.54 Å². The van der Waals surface area contributed by atoms with E-state index in [2.05, 4.69) is 16.4 Å². The van der Waals surface area contributed by atoms with Gasteiger partial charge in [0.05, 0.1) is 22.3 Å². The molecule has 0 fully saturated rings. The number of hydrogen-bond donors (Lipinski definition) is 2. The number of nitrogens with zero attached hydrogens (tertiary/aromatic N) is 1. The van der Waals surface area contributed by atoms with Gasteiger partial charge in [0.15, 0.2) is 0 Å². The van der Waals surface area contributed by atoms with E-state index in [9.17, 15) is 5.11 Å². The number of phenolic OH excluding ortho intramolecular Hbond substituents is 1. The second-order valence-corrected chi connectivity index (χ2v) is 6.09. The van der Waals surface area contributed by atoms with Crippen molar-refractivity contribution in [2.24, 2.45) is 0 Å². The molecule has 0 aliphatic rings. The average molecular weight is 322 g/mol. The SMILES string of the molecule is Oc1cccc(-c2ccc(CNc3ccc4ncsc4c3)o2)c1. The Morgan fingerprint density at radius 1 is 1.09 bits per heavy atom. The van der Waals surface area contributed by atoms with Crippen molar-refractivity contribution in [2.45, 2.75) is 6.54 Å². The highest BCUT2D eigenvalue weighted by Gasteiger charge is 2.06. The van der Waals surface area contributed by atoms with Crippen LogP contribution in [-0.4, -0.2) is 10.1 Å². The molecule has 0 aliphatic carbocycles. The molecular weight excluding hydrogens is 308 g/mol. The molecule has 0 atom stereocenters. The van der Waals surface area contributed by atoms with E-state index in [4.69, 9.17) is 4.42 Å². The number of nitrogens with one attached hydrogen (secondary N) is 1. The fraction of sp³-hybridized carbons (Fsp3) is 0.0556. The fourth-order valence-corrected chi connectivity index (χ4v) is 3.16. The molecule has 0 amide bonds. The van der Waals surface area contributed by atoms with Crippen molar-refractivity contribution in [3.8, 4) is 17.1 Å². The Balaban J connectivity index is 1.49. The second kappa shape index (κ2) is 5.78. The summed E-state index contributed by atoms with van der Waals surface area (Å²) in [5.74, 6) is 1.82. The van der Waals surface area contributed by atoms with Gasteiger partial charge in [-0.3, -0.25) is 0 Å². The van der Waals surface area contributed by atoms with Crippen LogP contribution in [0.2, 0.25) is 0 Å². The molecule has 2 heterocycles. The number of furan rings is 1. The summed E-state index contributed by atoms with van der Waals surface area (Å²) >= 11 is 1.63. The molecule has 4 rings (SSSR count). The fourth-order valence-electron chi connectivity index (χ4n) is 2.44. The largest absolute Gasteiger partial charge is 0.508 e. The predicted octanol–water partition coefficient (Wildman–Crippen LogP) is 4.87. The lowest BCUT2D eigenvalue weighted by Gasteiger charge is -2.04. The summed E-state index contributed by atoms with van der Waals surface area (Å²) in [6.07, 6.45) is 0. The molecule has 2 N–H and O–H groups in total. The molecule has 0 saturated carbocycles. The topological polar surface area (TPSA) is 58.3 Å². The highest BCUT2D eigenvalue weighted by molar-refractivity contribution is 7.16. The lowest BCUT2D eigenvalue weighted by molar-refractivity contribution is 0.474. The van der Waals surface area contributed by atoms with Gasteiger partial charge in [-0.15, -0.1) is 11.3 Å². The van der Waals surface area contributed by atoms with Gasteiger partial charge in [-0.25, -0.2) is 4.98 Å².